The van der Waals surface area contributed by atoms with Gasteiger partial charge in [-0.15, -0.1) is 24.8 Å². The molecule has 1 aromatic heterocycles. The van der Waals surface area contributed by atoms with E-state index in [0.717, 1.165) is 10.9 Å². The highest BCUT2D eigenvalue weighted by Crippen LogP contribution is 2.04. The molecule has 0 amide bonds. The van der Waals surface area contributed by atoms with Gasteiger partial charge >= 0.3 is 0 Å². The third-order valence-electron chi connectivity index (χ3n) is 1.58. The summed E-state index contributed by atoms with van der Waals surface area (Å²) in [5.41, 5.74) is 0.614. The number of hydrogen-bond acceptors (Lipinski definition) is 3. The lowest BCUT2D eigenvalue weighted by Crippen LogP contribution is -1.90. The first-order valence-electron chi connectivity index (χ1n) is 3.58. The minimum atomic E-state index is -0.122. The quantitative estimate of drug-likeness (QED) is 0.694. The molecule has 5 heteroatoms. The van der Waals surface area contributed by atoms with E-state index in [1.54, 1.807) is 0 Å². The summed E-state index contributed by atoms with van der Waals surface area (Å²) in [7, 11) is 0. The summed E-state index contributed by atoms with van der Waals surface area (Å²) < 4.78 is 0. The summed E-state index contributed by atoms with van der Waals surface area (Å²) in [6.45, 7) is 0. The fraction of sp³-hybridized carbons (Fsp3) is 0. The normalized spacial score (nSPS) is 8.57. The van der Waals surface area contributed by atoms with Gasteiger partial charge in [-0.1, -0.05) is 18.2 Å². The summed E-state index contributed by atoms with van der Waals surface area (Å²) in [5.74, 6) is 0. The zero-order valence-corrected chi connectivity index (χ0v) is 8.72. The van der Waals surface area contributed by atoms with Crippen LogP contribution in [0.15, 0.2) is 41.3 Å². The van der Waals surface area contributed by atoms with Crippen LogP contribution in [0, 0.1) is 0 Å². The molecule has 0 unspecified atom stereocenters. The topological polar surface area (TPSA) is 42.9 Å². The van der Waals surface area contributed by atoms with Crippen LogP contribution in [0.3, 0.4) is 0 Å². The smallest absolute Gasteiger partial charge is 0.199 e. The second kappa shape index (κ2) is 5.52. The molecule has 0 aliphatic heterocycles. The van der Waals surface area contributed by atoms with E-state index in [9.17, 15) is 4.79 Å². The van der Waals surface area contributed by atoms with Crippen LogP contribution >= 0.6 is 24.8 Å². The molecule has 1 heterocycles. The molecule has 0 fully saturated rings. The number of benzene rings is 1. The average Bonchev–Trinajstić information content (AvgIpc) is 2.25. The Morgan fingerprint density at radius 3 is 2.57 bits per heavy atom. The lowest BCUT2D eigenvalue weighted by molar-refractivity contribution is 1.08. The van der Waals surface area contributed by atoms with Crippen molar-refractivity contribution < 1.29 is 0 Å². The molecule has 0 aliphatic carbocycles. The molecule has 0 aliphatic rings. The van der Waals surface area contributed by atoms with Crippen molar-refractivity contribution in [2.45, 2.75) is 0 Å². The van der Waals surface area contributed by atoms with E-state index >= 15 is 0 Å². The Morgan fingerprint density at radius 2 is 1.79 bits per heavy atom. The van der Waals surface area contributed by atoms with Crippen molar-refractivity contribution in [1.29, 1.82) is 0 Å². The Kier molecular flexibility index (Phi) is 5.05. The van der Waals surface area contributed by atoms with Crippen LogP contribution in [0.5, 0.6) is 0 Å². The monoisotopic (exact) mass is 230 g/mol. The van der Waals surface area contributed by atoms with E-state index in [4.69, 9.17) is 0 Å². The van der Waals surface area contributed by atoms with Crippen molar-refractivity contribution in [1.82, 2.24) is 10.2 Å². The van der Waals surface area contributed by atoms with Crippen LogP contribution in [0.25, 0.3) is 10.9 Å². The van der Waals surface area contributed by atoms with Crippen molar-refractivity contribution in [3.05, 3.63) is 46.8 Å². The minimum Gasteiger partial charge on any atom is -0.288 e. The summed E-state index contributed by atoms with van der Waals surface area (Å²) in [4.78, 5) is 11.0. The molecule has 0 N–H and O–H groups in total. The predicted octanol–water partition coefficient (Wildman–Crippen LogP) is 1.83. The van der Waals surface area contributed by atoms with Gasteiger partial charge in [-0.2, -0.15) is 10.2 Å². The van der Waals surface area contributed by atoms with E-state index in [0.29, 0.717) is 0 Å². The average molecular weight is 231 g/mol. The third-order valence-corrected chi connectivity index (χ3v) is 1.58. The van der Waals surface area contributed by atoms with Crippen LogP contribution < -0.4 is 5.43 Å². The van der Waals surface area contributed by atoms with Crippen LogP contribution in [0.1, 0.15) is 0 Å². The Hall–Kier alpha value is -1.19. The van der Waals surface area contributed by atoms with Gasteiger partial charge in [-0.3, -0.25) is 4.79 Å². The molecule has 0 radical (unpaired) electrons. The van der Waals surface area contributed by atoms with Gasteiger partial charge in [0.2, 0.25) is 0 Å². The van der Waals surface area contributed by atoms with Gasteiger partial charge in [0.15, 0.2) is 5.43 Å². The molecule has 0 saturated carbocycles. The lowest BCUT2D eigenvalue weighted by Gasteiger charge is -1.85. The molecule has 74 valence electrons. The molecular weight excluding hydrogens is 223 g/mol. The Bertz CT molecular complexity index is 476. The third kappa shape index (κ3) is 2.65. The zero-order chi connectivity index (χ0) is 8.39. The fourth-order valence-corrected chi connectivity index (χ4v) is 1.04. The first kappa shape index (κ1) is 12.8. The van der Waals surface area contributed by atoms with E-state index in [2.05, 4.69) is 10.2 Å². The van der Waals surface area contributed by atoms with Crippen molar-refractivity contribution in [3.63, 3.8) is 0 Å². The van der Waals surface area contributed by atoms with Crippen molar-refractivity contribution in [2.24, 2.45) is 0 Å². The van der Waals surface area contributed by atoms with Gasteiger partial charge in [0.1, 0.15) is 0 Å². The number of fused-ring (bicyclic) bond motifs is 1. The Balaban J connectivity index is 0.000000845. The highest BCUT2D eigenvalue weighted by molar-refractivity contribution is 5.85. The molecule has 14 heavy (non-hydrogen) atoms. The van der Waals surface area contributed by atoms with E-state index in [1.165, 1.54) is 12.3 Å². The van der Waals surface area contributed by atoms with Crippen molar-refractivity contribution in [2.75, 3.05) is 0 Å². The molecular formula is C9H8Cl2N2O. The maximum atomic E-state index is 11.0. The molecule has 3 nitrogen and oxygen atoms in total. The second-order valence-electron chi connectivity index (χ2n) is 2.45. The second-order valence-corrected chi connectivity index (χ2v) is 2.45. The SMILES string of the molecule is Cl.Cl.O=c1cnnc2ccccc2c1. The maximum absolute atomic E-state index is 11.0. The minimum absolute atomic E-state index is 0. The molecule has 2 aromatic rings. The van der Waals surface area contributed by atoms with Gasteiger partial charge in [0.05, 0.1) is 11.7 Å². The largest absolute Gasteiger partial charge is 0.288 e. The van der Waals surface area contributed by atoms with Crippen LogP contribution in [-0.2, 0) is 0 Å². The van der Waals surface area contributed by atoms with Crippen LogP contribution in [0.4, 0.5) is 0 Å². The van der Waals surface area contributed by atoms with E-state index in [-0.39, 0.29) is 30.2 Å². The molecule has 2 rings (SSSR count). The van der Waals surface area contributed by atoms with Crippen LogP contribution in [-0.4, -0.2) is 10.2 Å². The number of aromatic nitrogens is 2. The molecule has 0 atom stereocenters. The van der Waals surface area contributed by atoms with E-state index < -0.39 is 0 Å². The van der Waals surface area contributed by atoms with E-state index in [1.807, 2.05) is 24.3 Å². The standard InChI is InChI=1S/C9H6N2O.2ClH/c12-8-5-7-3-1-2-4-9(7)11-10-6-8;;/h1-6H;2*1H. The molecule has 0 bridgehead atoms. The number of rotatable bonds is 0. The first-order valence-corrected chi connectivity index (χ1v) is 3.58. The molecule has 0 saturated heterocycles. The zero-order valence-electron chi connectivity index (χ0n) is 7.08. The number of nitrogens with zero attached hydrogens (tertiary/aromatic N) is 2. The highest BCUT2D eigenvalue weighted by atomic mass is 35.5. The lowest BCUT2D eigenvalue weighted by atomic mass is 10.2. The number of halogens is 2. The van der Waals surface area contributed by atoms with Gasteiger partial charge in [0.25, 0.3) is 0 Å². The summed E-state index contributed by atoms with van der Waals surface area (Å²) in [6, 6.07) is 8.91. The van der Waals surface area contributed by atoms with Crippen LogP contribution in [0.2, 0.25) is 0 Å². The summed E-state index contributed by atoms with van der Waals surface area (Å²) in [6.07, 6.45) is 1.21. The summed E-state index contributed by atoms with van der Waals surface area (Å²) >= 11 is 0. The van der Waals surface area contributed by atoms with Gasteiger partial charge in [-0.25, -0.2) is 0 Å². The Morgan fingerprint density at radius 1 is 1.07 bits per heavy atom. The highest BCUT2D eigenvalue weighted by Gasteiger charge is 1.90. The summed E-state index contributed by atoms with van der Waals surface area (Å²) in [5, 5.41) is 8.29. The first-order chi connectivity index (χ1) is 5.86. The predicted molar refractivity (Wildman–Crippen MR) is 60.3 cm³/mol. The number of hydrogen-bond donors (Lipinski definition) is 0. The van der Waals surface area contributed by atoms with Crippen molar-refractivity contribution >= 4 is 35.7 Å². The van der Waals surface area contributed by atoms with Crippen molar-refractivity contribution in [3.8, 4) is 0 Å². The maximum Gasteiger partial charge on any atom is 0.199 e. The Labute approximate surface area is 93.0 Å². The van der Waals surface area contributed by atoms with Gasteiger partial charge in [0, 0.05) is 5.39 Å². The molecule has 0 spiro atoms. The van der Waals surface area contributed by atoms with Gasteiger partial charge in [-0.05, 0) is 12.1 Å². The van der Waals surface area contributed by atoms with Gasteiger partial charge < -0.3 is 0 Å². The fourth-order valence-electron chi connectivity index (χ4n) is 1.04. The molecule has 1 aromatic carbocycles.